The van der Waals surface area contributed by atoms with Gasteiger partial charge in [0.15, 0.2) is 23.8 Å². The van der Waals surface area contributed by atoms with Crippen LogP contribution in [0.1, 0.15) is 18.1 Å². The predicted octanol–water partition coefficient (Wildman–Crippen LogP) is 4.89. The molecule has 1 heterocycles. The predicted molar refractivity (Wildman–Crippen MR) is 125 cm³/mol. The zero-order valence-electron chi connectivity index (χ0n) is 16.4. The van der Waals surface area contributed by atoms with Gasteiger partial charge in [0.2, 0.25) is 5.90 Å². The van der Waals surface area contributed by atoms with Crippen molar-refractivity contribution in [3.8, 4) is 11.5 Å². The summed E-state index contributed by atoms with van der Waals surface area (Å²) < 4.78 is 21.8. The van der Waals surface area contributed by atoms with E-state index in [1.165, 1.54) is 13.2 Å². The molecule has 7 nitrogen and oxygen atoms in total. The molecule has 2 aromatic carbocycles. The molecule has 10 heteroatoms. The van der Waals surface area contributed by atoms with Gasteiger partial charge in [-0.15, -0.1) is 0 Å². The number of hydrogen-bond acceptors (Lipinski definition) is 7. The molecule has 0 saturated carbocycles. The summed E-state index contributed by atoms with van der Waals surface area (Å²) in [6.45, 7) is 1.62. The molecule has 3 rings (SSSR count). The normalized spacial score (nSPS) is 14.3. The minimum atomic E-state index is -0.623. The lowest BCUT2D eigenvalue weighted by Crippen LogP contribution is -2.15. The first kappa shape index (κ1) is 23.4. The molecule has 0 aromatic heterocycles. The maximum absolute atomic E-state index is 12.3. The minimum Gasteiger partial charge on any atom is -0.493 e. The van der Waals surface area contributed by atoms with Gasteiger partial charge < -0.3 is 18.9 Å². The molecule has 0 radical (unpaired) electrons. The quantitative estimate of drug-likeness (QED) is 0.265. The van der Waals surface area contributed by atoms with E-state index in [2.05, 4.69) is 27.6 Å². The monoisotopic (exact) mass is 575 g/mol. The van der Waals surface area contributed by atoms with Gasteiger partial charge in [-0.3, -0.25) is 0 Å². The molecule has 31 heavy (non-hydrogen) atoms. The van der Waals surface area contributed by atoms with Gasteiger partial charge in [-0.05, 0) is 71.5 Å². The van der Waals surface area contributed by atoms with Gasteiger partial charge in [0.25, 0.3) is 0 Å². The SMILES string of the molecule is CCOC(=O)COc1c(Cl)cc(/C=C2\N=C(c3cc(I)ccc3Cl)OC2=O)cc1OC. The molecular formula is C21H16Cl2INO6. The summed E-state index contributed by atoms with van der Waals surface area (Å²) >= 11 is 14.6. The lowest BCUT2D eigenvalue weighted by atomic mass is 10.1. The maximum atomic E-state index is 12.3. The number of hydrogen-bond donors (Lipinski definition) is 0. The number of nitrogens with zero attached hydrogens (tertiary/aromatic N) is 1. The molecule has 0 fully saturated rings. The third kappa shape index (κ3) is 5.69. The highest BCUT2D eigenvalue weighted by Crippen LogP contribution is 2.37. The van der Waals surface area contributed by atoms with Crippen LogP contribution in [0, 0.1) is 3.57 Å². The largest absolute Gasteiger partial charge is 0.493 e. The molecule has 1 aliphatic rings. The number of carbonyl (C=O) groups is 2. The van der Waals surface area contributed by atoms with Crippen molar-refractivity contribution >= 4 is 69.7 Å². The minimum absolute atomic E-state index is 0.0724. The van der Waals surface area contributed by atoms with Crippen LogP contribution in [0.3, 0.4) is 0 Å². The van der Waals surface area contributed by atoms with Crippen molar-refractivity contribution < 1.29 is 28.5 Å². The average Bonchev–Trinajstić information content (AvgIpc) is 3.08. The number of benzene rings is 2. The first-order valence-electron chi connectivity index (χ1n) is 8.96. The Bertz CT molecular complexity index is 1100. The van der Waals surface area contributed by atoms with E-state index in [9.17, 15) is 9.59 Å². The molecule has 0 amide bonds. The molecular weight excluding hydrogens is 560 g/mol. The van der Waals surface area contributed by atoms with Crippen LogP contribution >= 0.6 is 45.8 Å². The van der Waals surface area contributed by atoms with Crippen LogP contribution in [0.5, 0.6) is 11.5 Å². The van der Waals surface area contributed by atoms with Crippen LogP contribution in [0.2, 0.25) is 10.0 Å². The topological polar surface area (TPSA) is 83.4 Å². The van der Waals surface area contributed by atoms with Gasteiger partial charge in [-0.25, -0.2) is 14.6 Å². The van der Waals surface area contributed by atoms with Crippen LogP contribution in [-0.2, 0) is 19.1 Å². The van der Waals surface area contributed by atoms with E-state index >= 15 is 0 Å². The summed E-state index contributed by atoms with van der Waals surface area (Å²) in [6, 6.07) is 8.46. The Kier molecular flexibility index (Phi) is 7.79. The van der Waals surface area contributed by atoms with E-state index in [4.69, 9.17) is 42.1 Å². The second-order valence-corrected chi connectivity index (χ2v) is 8.15. The fourth-order valence-electron chi connectivity index (χ4n) is 2.64. The maximum Gasteiger partial charge on any atom is 0.363 e. The smallest absolute Gasteiger partial charge is 0.363 e. The van der Waals surface area contributed by atoms with Gasteiger partial charge in [0.05, 0.1) is 29.3 Å². The lowest BCUT2D eigenvalue weighted by molar-refractivity contribution is -0.145. The van der Waals surface area contributed by atoms with E-state index in [0.717, 1.165) is 3.57 Å². The summed E-state index contributed by atoms with van der Waals surface area (Å²) in [5.74, 6) is -0.574. The number of aliphatic imine (C=N–C) groups is 1. The van der Waals surface area contributed by atoms with Crippen LogP contribution in [0.25, 0.3) is 6.08 Å². The zero-order valence-corrected chi connectivity index (χ0v) is 20.1. The Morgan fingerprint density at radius 2 is 2.00 bits per heavy atom. The third-order valence-corrected chi connectivity index (χ3v) is 5.26. The molecule has 1 aliphatic heterocycles. The number of methoxy groups -OCH3 is 1. The first-order chi connectivity index (χ1) is 14.8. The van der Waals surface area contributed by atoms with Crippen molar-refractivity contribution in [2.24, 2.45) is 4.99 Å². The fraction of sp³-hybridized carbons (Fsp3) is 0.190. The summed E-state index contributed by atoms with van der Waals surface area (Å²) in [5, 5.41) is 0.604. The molecule has 2 aromatic rings. The lowest BCUT2D eigenvalue weighted by Gasteiger charge is -2.12. The molecule has 0 spiro atoms. The number of halogens is 3. The average molecular weight is 576 g/mol. The second-order valence-electron chi connectivity index (χ2n) is 6.09. The van der Waals surface area contributed by atoms with Gasteiger partial charge in [-0.1, -0.05) is 23.2 Å². The molecule has 0 aliphatic carbocycles. The Hall–Kier alpha value is -2.30. The Morgan fingerprint density at radius 3 is 2.71 bits per heavy atom. The van der Waals surface area contributed by atoms with Crippen LogP contribution in [0.15, 0.2) is 41.0 Å². The van der Waals surface area contributed by atoms with E-state index in [0.29, 0.717) is 16.1 Å². The number of carbonyl (C=O) groups excluding carboxylic acids is 2. The van der Waals surface area contributed by atoms with Gasteiger partial charge in [0.1, 0.15) is 0 Å². The highest BCUT2D eigenvalue weighted by molar-refractivity contribution is 14.1. The van der Waals surface area contributed by atoms with Gasteiger partial charge in [-0.2, -0.15) is 0 Å². The summed E-state index contributed by atoms with van der Waals surface area (Å²) in [5.41, 5.74) is 1.11. The fourth-order valence-corrected chi connectivity index (χ4v) is 3.60. The number of esters is 2. The Morgan fingerprint density at radius 1 is 1.23 bits per heavy atom. The summed E-state index contributed by atoms with van der Waals surface area (Å²) in [7, 11) is 1.43. The van der Waals surface area contributed by atoms with E-state index < -0.39 is 11.9 Å². The summed E-state index contributed by atoms with van der Waals surface area (Å²) in [4.78, 5) is 28.1. The third-order valence-electron chi connectivity index (χ3n) is 3.97. The number of ether oxygens (including phenoxy) is 4. The Labute approximate surface area is 202 Å². The van der Waals surface area contributed by atoms with Crippen molar-refractivity contribution in [3.63, 3.8) is 0 Å². The van der Waals surface area contributed by atoms with Gasteiger partial charge in [0, 0.05) is 3.57 Å². The van der Waals surface area contributed by atoms with Crippen molar-refractivity contribution in [1.82, 2.24) is 0 Å². The molecule has 0 unspecified atom stereocenters. The van der Waals surface area contributed by atoms with Gasteiger partial charge >= 0.3 is 11.9 Å². The standard InChI is InChI=1S/C21H16Cl2INO6/c1-3-29-18(26)10-30-19-15(23)6-11(8-17(19)28-2)7-16-21(27)31-20(25-16)13-9-12(24)4-5-14(13)22/h4-9H,3,10H2,1-2H3/b16-7-. The first-order valence-corrected chi connectivity index (χ1v) is 10.8. The van der Waals surface area contributed by atoms with Crippen molar-refractivity contribution in [2.75, 3.05) is 20.3 Å². The van der Waals surface area contributed by atoms with Crippen molar-refractivity contribution in [3.05, 3.63) is 60.8 Å². The molecule has 0 atom stereocenters. The van der Waals surface area contributed by atoms with Crippen LogP contribution < -0.4 is 9.47 Å². The molecule has 0 saturated heterocycles. The molecule has 0 bridgehead atoms. The number of rotatable bonds is 7. The van der Waals surface area contributed by atoms with Crippen LogP contribution in [-0.4, -0.2) is 38.2 Å². The van der Waals surface area contributed by atoms with E-state index in [1.807, 2.05) is 6.07 Å². The highest BCUT2D eigenvalue weighted by atomic mass is 127. The van der Waals surface area contributed by atoms with Crippen LogP contribution in [0.4, 0.5) is 0 Å². The van der Waals surface area contributed by atoms with Crippen molar-refractivity contribution in [2.45, 2.75) is 6.92 Å². The van der Waals surface area contributed by atoms with E-state index in [-0.39, 0.29) is 41.3 Å². The second kappa shape index (κ2) is 10.3. The molecule has 0 N–H and O–H groups in total. The Balaban J connectivity index is 1.89. The summed E-state index contributed by atoms with van der Waals surface area (Å²) in [6.07, 6.45) is 1.50. The van der Waals surface area contributed by atoms with E-state index in [1.54, 1.807) is 31.2 Å². The zero-order chi connectivity index (χ0) is 22.5. The van der Waals surface area contributed by atoms with Crippen molar-refractivity contribution in [1.29, 1.82) is 0 Å². The number of cyclic esters (lactones) is 1. The molecule has 162 valence electrons. The highest BCUT2D eigenvalue weighted by Gasteiger charge is 2.26.